The van der Waals surface area contributed by atoms with Gasteiger partial charge in [0, 0.05) is 10.6 Å². The van der Waals surface area contributed by atoms with Crippen molar-refractivity contribution >= 4 is 23.2 Å². The molecule has 0 aromatic heterocycles. The van der Waals surface area contributed by atoms with Gasteiger partial charge in [0.05, 0.1) is 5.02 Å². The predicted octanol–water partition coefficient (Wildman–Crippen LogP) is 4.94. The van der Waals surface area contributed by atoms with Gasteiger partial charge in [-0.25, -0.2) is 8.78 Å². The minimum atomic E-state index is -0.556. The summed E-state index contributed by atoms with van der Waals surface area (Å²) in [5.74, 6) is -0.978. The Labute approximate surface area is 101 Å². The SMILES string of the molecule is Fc1ccc(Cl)c(-c2ccc(Cl)c(F)c2)c1. The predicted molar refractivity (Wildman–Crippen MR) is 61.8 cm³/mol. The molecule has 0 unspecified atom stereocenters. The van der Waals surface area contributed by atoms with Gasteiger partial charge < -0.3 is 0 Å². The van der Waals surface area contributed by atoms with Gasteiger partial charge in [0.15, 0.2) is 0 Å². The molecule has 0 spiro atoms. The zero-order chi connectivity index (χ0) is 11.7. The molecule has 0 fully saturated rings. The van der Waals surface area contributed by atoms with E-state index in [1.807, 2.05) is 0 Å². The van der Waals surface area contributed by atoms with Gasteiger partial charge in [-0.15, -0.1) is 0 Å². The third-order valence-electron chi connectivity index (χ3n) is 2.16. The van der Waals surface area contributed by atoms with Crippen LogP contribution in [0.3, 0.4) is 0 Å². The Morgan fingerprint density at radius 2 is 1.50 bits per heavy atom. The first-order valence-electron chi connectivity index (χ1n) is 4.48. The molecule has 0 nitrogen and oxygen atoms in total. The monoisotopic (exact) mass is 258 g/mol. The number of halogens is 4. The van der Waals surface area contributed by atoms with Crippen molar-refractivity contribution in [2.75, 3.05) is 0 Å². The molecule has 0 atom stereocenters. The van der Waals surface area contributed by atoms with E-state index in [4.69, 9.17) is 23.2 Å². The number of rotatable bonds is 1. The van der Waals surface area contributed by atoms with Crippen molar-refractivity contribution in [1.82, 2.24) is 0 Å². The molecule has 4 heteroatoms. The summed E-state index contributed by atoms with van der Waals surface area (Å²) in [6.45, 7) is 0. The van der Waals surface area contributed by atoms with Crippen molar-refractivity contribution in [3.8, 4) is 11.1 Å². The summed E-state index contributed by atoms with van der Waals surface area (Å²) in [7, 11) is 0. The number of benzene rings is 2. The standard InChI is InChI=1S/C12H6Cl2F2/c13-10-4-2-8(15)6-9(10)7-1-3-11(14)12(16)5-7/h1-6H. The zero-order valence-electron chi connectivity index (χ0n) is 7.98. The summed E-state index contributed by atoms with van der Waals surface area (Å²) in [5, 5.41) is 0.388. The van der Waals surface area contributed by atoms with Gasteiger partial charge in [-0.3, -0.25) is 0 Å². The molecule has 0 heterocycles. The van der Waals surface area contributed by atoms with E-state index in [0.717, 1.165) is 0 Å². The molecule has 0 saturated heterocycles. The lowest BCUT2D eigenvalue weighted by molar-refractivity contribution is 0.626. The molecule has 0 aliphatic rings. The van der Waals surface area contributed by atoms with Gasteiger partial charge in [-0.05, 0) is 35.9 Å². The van der Waals surface area contributed by atoms with Gasteiger partial charge >= 0.3 is 0 Å². The van der Waals surface area contributed by atoms with Crippen LogP contribution in [-0.4, -0.2) is 0 Å². The van der Waals surface area contributed by atoms with Crippen molar-refractivity contribution in [2.24, 2.45) is 0 Å². The smallest absolute Gasteiger partial charge is 0.142 e. The summed E-state index contributed by atoms with van der Waals surface area (Å²) in [6.07, 6.45) is 0. The molecule has 2 aromatic rings. The van der Waals surface area contributed by atoms with Crippen LogP contribution in [0.2, 0.25) is 10.0 Å². The molecule has 0 radical (unpaired) electrons. The van der Waals surface area contributed by atoms with Gasteiger partial charge in [0.25, 0.3) is 0 Å². The maximum atomic E-state index is 13.2. The molecule has 0 saturated carbocycles. The van der Waals surface area contributed by atoms with E-state index in [9.17, 15) is 8.78 Å². The Balaban J connectivity index is 2.58. The van der Waals surface area contributed by atoms with Crippen LogP contribution in [0.15, 0.2) is 36.4 Å². The van der Waals surface area contributed by atoms with E-state index in [1.54, 1.807) is 6.07 Å². The fourth-order valence-corrected chi connectivity index (χ4v) is 1.73. The third kappa shape index (κ3) is 2.18. The normalized spacial score (nSPS) is 10.5. The van der Waals surface area contributed by atoms with Gasteiger partial charge in [0.2, 0.25) is 0 Å². The molecular formula is C12H6Cl2F2. The van der Waals surface area contributed by atoms with E-state index in [0.29, 0.717) is 16.1 Å². The van der Waals surface area contributed by atoms with Crippen molar-refractivity contribution in [3.05, 3.63) is 58.1 Å². The third-order valence-corrected chi connectivity index (χ3v) is 2.80. The lowest BCUT2D eigenvalue weighted by atomic mass is 10.1. The van der Waals surface area contributed by atoms with E-state index >= 15 is 0 Å². The quantitative estimate of drug-likeness (QED) is 0.680. The van der Waals surface area contributed by atoms with Crippen LogP contribution in [0.4, 0.5) is 8.78 Å². The van der Waals surface area contributed by atoms with Crippen LogP contribution in [0.5, 0.6) is 0 Å². The zero-order valence-corrected chi connectivity index (χ0v) is 9.49. The topological polar surface area (TPSA) is 0 Å². The Hall–Kier alpha value is -1.12. The Morgan fingerprint density at radius 3 is 2.19 bits per heavy atom. The second-order valence-corrected chi connectivity index (χ2v) is 4.07. The van der Waals surface area contributed by atoms with Crippen LogP contribution < -0.4 is 0 Å². The lowest BCUT2D eigenvalue weighted by Crippen LogP contribution is -1.84. The van der Waals surface area contributed by atoms with Crippen molar-refractivity contribution < 1.29 is 8.78 Å². The Bertz CT molecular complexity index is 539. The van der Waals surface area contributed by atoms with Crippen molar-refractivity contribution in [1.29, 1.82) is 0 Å². The fraction of sp³-hybridized carbons (Fsp3) is 0. The molecule has 0 aliphatic heterocycles. The van der Waals surface area contributed by atoms with E-state index in [2.05, 4.69) is 0 Å². The van der Waals surface area contributed by atoms with Crippen LogP contribution >= 0.6 is 23.2 Å². The van der Waals surface area contributed by atoms with E-state index in [1.165, 1.54) is 30.3 Å². The van der Waals surface area contributed by atoms with Crippen LogP contribution in [-0.2, 0) is 0 Å². The Morgan fingerprint density at radius 1 is 0.812 bits per heavy atom. The molecule has 2 rings (SSSR count). The average molecular weight is 259 g/mol. The molecule has 0 amide bonds. The number of hydrogen-bond acceptors (Lipinski definition) is 0. The average Bonchev–Trinajstić information content (AvgIpc) is 2.26. The van der Waals surface area contributed by atoms with Gasteiger partial charge in [-0.2, -0.15) is 0 Å². The number of hydrogen-bond donors (Lipinski definition) is 0. The maximum absolute atomic E-state index is 13.2. The van der Waals surface area contributed by atoms with Gasteiger partial charge in [0.1, 0.15) is 11.6 Å². The fourth-order valence-electron chi connectivity index (χ4n) is 1.38. The summed E-state index contributed by atoms with van der Waals surface area (Å²) in [5.41, 5.74) is 0.934. The molecule has 0 bridgehead atoms. The van der Waals surface area contributed by atoms with E-state index < -0.39 is 11.6 Å². The molecule has 16 heavy (non-hydrogen) atoms. The van der Waals surface area contributed by atoms with Gasteiger partial charge in [-0.1, -0.05) is 29.3 Å². The molecule has 0 N–H and O–H groups in total. The molecular weight excluding hydrogens is 253 g/mol. The van der Waals surface area contributed by atoms with Crippen LogP contribution in [0.1, 0.15) is 0 Å². The summed E-state index contributed by atoms with van der Waals surface area (Å²) < 4.78 is 26.3. The molecule has 82 valence electrons. The summed E-state index contributed by atoms with van der Waals surface area (Å²) >= 11 is 11.5. The highest BCUT2D eigenvalue weighted by Gasteiger charge is 2.07. The largest absolute Gasteiger partial charge is 0.207 e. The maximum Gasteiger partial charge on any atom is 0.142 e. The first kappa shape index (κ1) is 11.4. The van der Waals surface area contributed by atoms with Crippen LogP contribution in [0.25, 0.3) is 11.1 Å². The first-order valence-corrected chi connectivity index (χ1v) is 5.24. The highest BCUT2D eigenvalue weighted by Crippen LogP contribution is 2.30. The summed E-state index contributed by atoms with van der Waals surface area (Å²) in [6, 6.07) is 8.16. The highest BCUT2D eigenvalue weighted by atomic mass is 35.5. The second kappa shape index (κ2) is 4.40. The van der Waals surface area contributed by atoms with Crippen LogP contribution in [0, 0.1) is 11.6 Å². The highest BCUT2D eigenvalue weighted by molar-refractivity contribution is 6.33. The first-order chi connectivity index (χ1) is 7.58. The lowest BCUT2D eigenvalue weighted by Gasteiger charge is -2.05. The summed E-state index contributed by atoms with van der Waals surface area (Å²) in [4.78, 5) is 0. The Kier molecular flexibility index (Phi) is 3.13. The second-order valence-electron chi connectivity index (χ2n) is 3.25. The minimum Gasteiger partial charge on any atom is -0.207 e. The molecule has 2 aromatic carbocycles. The van der Waals surface area contributed by atoms with E-state index in [-0.39, 0.29) is 5.02 Å². The van der Waals surface area contributed by atoms with Crippen molar-refractivity contribution in [3.63, 3.8) is 0 Å². The minimum absolute atomic E-state index is 0.0243. The molecule has 0 aliphatic carbocycles. The van der Waals surface area contributed by atoms with Crippen molar-refractivity contribution in [2.45, 2.75) is 0 Å².